The lowest BCUT2D eigenvalue weighted by Gasteiger charge is -2.09. The van der Waals surface area contributed by atoms with Crippen molar-refractivity contribution in [2.75, 3.05) is 23.8 Å². The van der Waals surface area contributed by atoms with Crippen LogP contribution in [0.15, 0.2) is 48.7 Å². The lowest BCUT2D eigenvalue weighted by molar-refractivity contribution is -0.116. The molecule has 1 unspecified atom stereocenters. The summed E-state index contributed by atoms with van der Waals surface area (Å²) < 4.78 is 5.55. The number of hydrogen-bond donors (Lipinski definition) is 3. The zero-order chi connectivity index (χ0) is 17.2. The molecule has 1 atom stereocenters. The minimum absolute atomic E-state index is 0.0712. The molecule has 6 heteroatoms. The van der Waals surface area contributed by atoms with E-state index >= 15 is 0 Å². The van der Waals surface area contributed by atoms with E-state index in [9.17, 15) is 9.90 Å². The number of carbonyl (C=O) groups excluding carboxylic acids is 1. The van der Waals surface area contributed by atoms with Crippen LogP contribution in [0, 0.1) is 0 Å². The molecule has 0 saturated heterocycles. The molecule has 1 heterocycles. The maximum atomic E-state index is 11.9. The highest BCUT2D eigenvalue weighted by Gasteiger charge is 2.04. The number of hydrogen-bond acceptors (Lipinski definition) is 5. The maximum absolute atomic E-state index is 11.9. The summed E-state index contributed by atoms with van der Waals surface area (Å²) in [5, 5.41) is 15.0. The molecule has 0 radical (unpaired) electrons. The normalized spacial score (nSPS) is 11.6. The van der Waals surface area contributed by atoms with Crippen LogP contribution in [0.4, 0.5) is 11.5 Å². The van der Waals surface area contributed by atoms with E-state index in [1.165, 1.54) is 0 Å². The van der Waals surface area contributed by atoms with Crippen molar-refractivity contribution in [3.8, 4) is 5.75 Å². The van der Waals surface area contributed by atoms with Gasteiger partial charge in [-0.05, 0) is 37.6 Å². The Hall–Kier alpha value is -2.60. The Bertz CT molecular complexity index is 615. The van der Waals surface area contributed by atoms with Crippen LogP contribution in [0.3, 0.4) is 0 Å². The number of anilines is 2. The Labute approximate surface area is 141 Å². The topological polar surface area (TPSA) is 83.5 Å². The molecular weight excluding hydrogens is 306 g/mol. The van der Waals surface area contributed by atoms with Crippen molar-refractivity contribution < 1.29 is 14.6 Å². The predicted octanol–water partition coefficient (Wildman–Crippen LogP) is 2.67. The highest BCUT2D eigenvalue weighted by Crippen LogP contribution is 2.11. The smallest absolute Gasteiger partial charge is 0.224 e. The van der Waals surface area contributed by atoms with Crippen LogP contribution in [-0.2, 0) is 4.79 Å². The second-order valence-corrected chi connectivity index (χ2v) is 5.48. The van der Waals surface area contributed by atoms with Crippen LogP contribution < -0.4 is 15.4 Å². The van der Waals surface area contributed by atoms with E-state index in [-0.39, 0.29) is 5.91 Å². The van der Waals surface area contributed by atoms with Crippen molar-refractivity contribution in [3.63, 3.8) is 0 Å². The van der Waals surface area contributed by atoms with Gasteiger partial charge in [0.1, 0.15) is 11.6 Å². The fourth-order valence-corrected chi connectivity index (χ4v) is 1.99. The molecule has 128 valence electrons. The molecule has 0 aliphatic heterocycles. The van der Waals surface area contributed by atoms with E-state index in [1.807, 2.05) is 30.3 Å². The number of para-hydroxylation sites is 1. The van der Waals surface area contributed by atoms with Gasteiger partial charge in [0.2, 0.25) is 5.91 Å². The molecule has 24 heavy (non-hydrogen) atoms. The lowest BCUT2D eigenvalue weighted by Crippen LogP contribution is -2.16. The molecule has 2 aromatic rings. The van der Waals surface area contributed by atoms with Crippen LogP contribution in [0.2, 0.25) is 0 Å². The van der Waals surface area contributed by atoms with Crippen molar-refractivity contribution >= 4 is 17.4 Å². The molecule has 1 amide bonds. The molecular formula is C18H23N3O3. The van der Waals surface area contributed by atoms with Crippen molar-refractivity contribution in [3.05, 3.63) is 48.7 Å². The van der Waals surface area contributed by atoms with E-state index in [0.717, 1.165) is 5.75 Å². The number of ether oxygens (including phenoxy) is 1. The lowest BCUT2D eigenvalue weighted by atomic mass is 10.3. The summed E-state index contributed by atoms with van der Waals surface area (Å²) in [5.74, 6) is 1.39. The average molecular weight is 329 g/mol. The average Bonchev–Trinajstić information content (AvgIpc) is 2.59. The summed E-state index contributed by atoms with van der Waals surface area (Å²) in [5.41, 5.74) is 0.645. The highest BCUT2D eigenvalue weighted by atomic mass is 16.5. The maximum Gasteiger partial charge on any atom is 0.224 e. The van der Waals surface area contributed by atoms with Gasteiger partial charge >= 0.3 is 0 Å². The van der Waals surface area contributed by atoms with Crippen molar-refractivity contribution in [2.45, 2.75) is 25.9 Å². The molecule has 0 spiro atoms. The number of benzene rings is 1. The standard InChI is InChI=1S/C18H23N3O3/c1-14(22)12-19-17-10-9-15(13-20-17)21-18(23)8-5-11-24-16-6-3-2-4-7-16/h2-4,6-7,9-10,13-14,22H,5,8,11-12H2,1H3,(H,19,20)(H,21,23). The number of nitrogens with zero attached hydrogens (tertiary/aromatic N) is 1. The van der Waals surface area contributed by atoms with Crippen LogP contribution in [-0.4, -0.2) is 35.3 Å². The van der Waals surface area contributed by atoms with Gasteiger partial charge in [0.05, 0.1) is 24.6 Å². The number of aliphatic hydroxyl groups excluding tert-OH is 1. The minimum Gasteiger partial charge on any atom is -0.494 e. The van der Waals surface area contributed by atoms with Crippen LogP contribution in [0.1, 0.15) is 19.8 Å². The first-order valence-corrected chi connectivity index (χ1v) is 7.99. The molecule has 6 nitrogen and oxygen atoms in total. The summed E-state index contributed by atoms with van der Waals surface area (Å²) >= 11 is 0. The molecule has 0 fully saturated rings. The molecule has 0 saturated carbocycles. The molecule has 2 rings (SSSR count). The van der Waals surface area contributed by atoms with Crippen LogP contribution >= 0.6 is 0 Å². The number of aromatic nitrogens is 1. The Morgan fingerprint density at radius 2 is 2.04 bits per heavy atom. The number of aliphatic hydroxyl groups is 1. The van der Waals surface area contributed by atoms with Gasteiger partial charge < -0.3 is 20.5 Å². The Kier molecular flexibility index (Phi) is 7.04. The third-order valence-corrected chi connectivity index (χ3v) is 3.19. The fourth-order valence-electron chi connectivity index (χ4n) is 1.99. The largest absolute Gasteiger partial charge is 0.494 e. The Balaban J connectivity index is 1.66. The predicted molar refractivity (Wildman–Crippen MR) is 94.2 cm³/mol. The summed E-state index contributed by atoms with van der Waals surface area (Å²) in [7, 11) is 0. The van der Waals surface area contributed by atoms with E-state index in [4.69, 9.17) is 4.74 Å². The summed E-state index contributed by atoms with van der Waals surface area (Å²) in [6.07, 6.45) is 2.17. The fraction of sp³-hybridized carbons (Fsp3) is 0.333. The number of pyridine rings is 1. The number of amides is 1. The molecule has 1 aromatic carbocycles. The Morgan fingerprint density at radius 3 is 2.71 bits per heavy atom. The number of rotatable bonds is 9. The minimum atomic E-state index is -0.440. The van der Waals surface area contributed by atoms with Gasteiger partial charge in [-0.1, -0.05) is 18.2 Å². The van der Waals surface area contributed by atoms with Crippen LogP contribution in [0.25, 0.3) is 0 Å². The first-order chi connectivity index (χ1) is 11.6. The van der Waals surface area contributed by atoms with E-state index < -0.39 is 6.10 Å². The van der Waals surface area contributed by atoms with Crippen molar-refractivity contribution in [2.24, 2.45) is 0 Å². The highest BCUT2D eigenvalue weighted by molar-refractivity contribution is 5.90. The Morgan fingerprint density at radius 1 is 1.25 bits per heavy atom. The zero-order valence-corrected chi connectivity index (χ0v) is 13.7. The molecule has 1 aromatic heterocycles. The summed E-state index contributed by atoms with van der Waals surface area (Å²) in [6, 6.07) is 13.1. The quantitative estimate of drug-likeness (QED) is 0.616. The molecule has 0 bridgehead atoms. The first-order valence-electron chi connectivity index (χ1n) is 7.99. The third-order valence-electron chi connectivity index (χ3n) is 3.19. The second kappa shape index (κ2) is 9.52. The first kappa shape index (κ1) is 17.7. The van der Waals surface area contributed by atoms with E-state index in [2.05, 4.69) is 15.6 Å². The number of nitrogens with one attached hydrogen (secondary N) is 2. The number of carbonyl (C=O) groups is 1. The molecule has 0 aliphatic carbocycles. The van der Waals surface area contributed by atoms with Crippen molar-refractivity contribution in [1.82, 2.24) is 4.98 Å². The molecule has 3 N–H and O–H groups in total. The zero-order valence-electron chi connectivity index (χ0n) is 13.7. The monoisotopic (exact) mass is 329 g/mol. The second-order valence-electron chi connectivity index (χ2n) is 5.48. The van der Waals surface area contributed by atoms with E-state index in [1.54, 1.807) is 25.3 Å². The summed E-state index contributed by atoms with van der Waals surface area (Å²) in [6.45, 7) is 2.63. The van der Waals surface area contributed by atoms with Gasteiger partial charge in [-0.3, -0.25) is 4.79 Å². The van der Waals surface area contributed by atoms with Gasteiger partial charge in [0.25, 0.3) is 0 Å². The van der Waals surface area contributed by atoms with Crippen LogP contribution in [0.5, 0.6) is 5.75 Å². The summed E-state index contributed by atoms with van der Waals surface area (Å²) in [4.78, 5) is 16.1. The van der Waals surface area contributed by atoms with Gasteiger partial charge in [-0.15, -0.1) is 0 Å². The SMILES string of the molecule is CC(O)CNc1ccc(NC(=O)CCCOc2ccccc2)cn1. The van der Waals surface area contributed by atoms with Crippen molar-refractivity contribution in [1.29, 1.82) is 0 Å². The molecule has 0 aliphatic rings. The van der Waals surface area contributed by atoms with Gasteiger partial charge in [-0.25, -0.2) is 4.98 Å². The van der Waals surface area contributed by atoms with E-state index in [0.29, 0.717) is 37.5 Å². The van der Waals surface area contributed by atoms with Gasteiger partial charge in [0.15, 0.2) is 0 Å². The third kappa shape index (κ3) is 6.66. The van der Waals surface area contributed by atoms with Gasteiger partial charge in [-0.2, -0.15) is 0 Å². The van der Waals surface area contributed by atoms with Gasteiger partial charge in [0, 0.05) is 13.0 Å².